The number of hydrogen-bond acceptors (Lipinski definition) is 3. The van der Waals surface area contributed by atoms with Crippen molar-refractivity contribution in [1.82, 2.24) is 15.1 Å². The molecule has 0 atom stereocenters. The Morgan fingerprint density at radius 1 is 1.35 bits per heavy atom. The van der Waals surface area contributed by atoms with Gasteiger partial charge >= 0.3 is 0 Å². The first-order valence-electron chi connectivity index (χ1n) is 6.03. The number of nitrogens with one attached hydrogen (secondary N) is 1. The molecule has 2 aromatic rings. The van der Waals surface area contributed by atoms with Crippen LogP contribution in [0, 0.1) is 0 Å². The summed E-state index contributed by atoms with van der Waals surface area (Å²) in [5.41, 5.74) is 6.97. The summed E-state index contributed by atoms with van der Waals surface area (Å²) in [5.74, 6) is -0.0801. The number of nitrogens with two attached hydrogens (primary N) is 1. The lowest BCUT2D eigenvalue weighted by molar-refractivity contribution is -0.120. The van der Waals surface area contributed by atoms with E-state index in [1.165, 1.54) is 0 Å². The molecule has 20 heavy (non-hydrogen) atoms. The number of carbonyl (C=O) groups is 1. The van der Waals surface area contributed by atoms with Crippen molar-refractivity contribution in [2.24, 2.45) is 0 Å². The molecule has 1 heterocycles. The lowest BCUT2D eigenvalue weighted by atomic mass is 10.1. The van der Waals surface area contributed by atoms with Crippen LogP contribution in [-0.2, 0) is 17.8 Å². The van der Waals surface area contributed by atoms with Crippen molar-refractivity contribution < 1.29 is 4.79 Å². The highest BCUT2D eigenvalue weighted by Crippen LogP contribution is 2.22. The Morgan fingerprint density at radius 3 is 2.80 bits per heavy atom. The third kappa shape index (κ3) is 4.15. The number of nitrogen functional groups attached to an aromatic ring is 1. The van der Waals surface area contributed by atoms with Gasteiger partial charge in [-0.25, -0.2) is 0 Å². The molecule has 1 aromatic carbocycles. The Kier molecular flexibility index (Phi) is 4.87. The Morgan fingerprint density at radius 2 is 2.15 bits per heavy atom. The van der Waals surface area contributed by atoms with Crippen molar-refractivity contribution in [3.8, 4) is 0 Å². The van der Waals surface area contributed by atoms with E-state index in [1.807, 2.05) is 0 Å². The number of aromatic nitrogens is 2. The van der Waals surface area contributed by atoms with Crippen molar-refractivity contribution in [2.75, 3.05) is 12.3 Å². The second-order valence-corrected chi connectivity index (χ2v) is 5.13. The van der Waals surface area contributed by atoms with Gasteiger partial charge < -0.3 is 11.1 Å². The number of hydrogen-bond donors (Lipinski definition) is 2. The number of nitrogens with zero attached hydrogens (tertiary/aromatic N) is 2. The maximum atomic E-state index is 11.8. The van der Waals surface area contributed by atoms with E-state index in [4.69, 9.17) is 28.9 Å². The van der Waals surface area contributed by atoms with Crippen LogP contribution >= 0.6 is 23.2 Å². The smallest absolute Gasteiger partial charge is 0.224 e. The maximum Gasteiger partial charge on any atom is 0.224 e. The van der Waals surface area contributed by atoms with Crippen LogP contribution in [0.4, 0.5) is 5.69 Å². The Labute approximate surface area is 126 Å². The van der Waals surface area contributed by atoms with Crippen LogP contribution in [0.3, 0.4) is 0 Å². The molecule has 0 bridgehead atoms. The van der Waals surface area contributed by atoms with E-state index >= 15 is 0 Å². The maximum absolute atomic E-state index is 11.8. The molecular weight excluding hydrogens is 299 g/mol. The molecule has 106 valence electrons. The van der Waals surface area contributed by atoms with E-state index in [9.17, 15) is 4.79 Å². The minimum absolute atomic E-state index is 0.0801. The number of rotatable bonds is 5. The second-order valence-electron chi connectivity index (χ2n) is 4.31. The molecule has 0 saturated heterocycles. The fourth-order valence-corrected chi connectivity index (χ4v) is 2.03. The SMILES string of the molecule is Nc1cnn(CCNC(=O)Cc2ccc(Cl)c(Cl)c2)c1. The molecule has 0 aliphatic heterocycles. The van der Waals surface area contributed by atoms with Gasteiger partial charge in [0.25, 0.3) is 0 Å². The molecule has 0 aliphatic rings. The van der Waals surface area contributed by atoms with Gasteiger partial charge in [-0.3, -0.25) is 9.48 Å². The van der Waals surface area contributed by atoms with Crippen molar-refractivity contribution >= 4 is 34.8 Å². The highest BCUT2D eigenvalue weighted by molar-refractivity contribution is 6.42. The highest BCUT2D eigenvalue weighted by atomic mass is 35.5. The van der Waals surface area contributed by atoms with Gasteiger partial charge in [0, 0.05) is 12.7 Å². The standard InChI is InChI=1S/C13H14Cl2N4O/c14-11-2-1-9(5-12(11)15)6-13(20)17-3-4-19-8-10(16)7-18-19/h1-2,5,7-8H,3-4,6,16H2,(H,17,20). The monoisotopic (exact) mass is 312 g/mol. The topological polar surface area (TPSA) is 72.9 Å². The lowest BCUT2D eigenvalue weighted by Crippen LogP contribution is -2.28. The number of carbonyl (C=O) groups excluding carboxylic acids is 1. The summed E-state index contributed by atoms with van der Waals surface area (Å²) in [5, 5.41) is 7.76. The molecule has 0 aliphatic carbocycles. The Bertz CT molecular complexity index is 612. The first kappa shape index (κ1) is 14.7. The minimum Gasteiger partial charge on any atom is -0.396 e. The Hall–Kier alpha value is -1.72. The fourth-order valence-electron chi connectivity index (χ4n) is 1.71. The van der Waals surface area contributed by atoms with Crippen LogP contribution in [0.25, 0.3) is 0 Å². The van der Waals surface area contributed by atoms with Crippen LogP contribution in [0.2, 0.25) is 10.0 Å². The van der Waals surface area contributed by atoms with Gasteiger partial charge in [-0.05, 0) is 17.7 Å². The van der Waals surface area contributed by atoms with E-state index in [-0.39, 0.29) is 12.3 Å². The third-order valence-corrected chi connectivity index (χ3v) is 3.40. The molecule has 5 nitrogen and oxygen atoms in total. The molecular formula is C13H14Cl2N4O. The van der Waals surface area contributed by atoms with Crippen molar-refractivity contribution in [1.29, 1.82) is 0 Å². The summed E-state index contributed by atoms with van der Waals surface area (Å²) in [6, 6.07) is 5.15. The predicted octanol–water partition coefficient (Wildman–Crippen LogP) is 2.13. The van der Waals surface area contributed by atoms with Crippen LogP contribution < -0.4 is 11.1 Å². The molecule has 0 unspecified atom stereocenters. The fraction of sp³-hybridized carbons (Fsp3) is 0.231. The van der Waals surface area contributed by atoms with E-state index in [0.29, 0.717) is 28.8 Å². The zero-order chi connectivity index (χ0) is 14.5. The van der Waals surface area contributed by atoms with Crippen LogP contribution in [0.1, 0.15) is 5.56 Å². The van der Waals surface area contributed by atoms with E-state index in [0.717, 1.165) is 5.56 Å². The second kappa shape index (κ2) is 6.63. The van der Waals surface area contributed by atoms with Gasteiger partial charge in [-0.1, -0.05) is 29.3 Å². The van der Waals surface area contributed by atoms with Gasteiger partial charge in [-0.15, -0.1) is 0 Å². The first-order valence-corrected chi connectivity index (χ1v) is 6.79. The van der Waals surface area contributed by atoms with Crippen LogP contribution in [0.5, 0.6) is 0 Å². The van der Waals surface area contributed by atoms with Crippen molar-refractivity contribution in [3.63, 3.8) is 0 Å². The largest absolute Gasteiger partial charge is 0.396 e. The zero-order valence-electron chi connectivity index (χ0n) is 10.6. The van der Waals surface area contributed by atoms with E-state index in [2.05, 4.69) is 10.4 Å². The summed E-state index contributed by atoms with van der Waals surface area (Å²) in [6.07, 6.45) is 3.54. The average molecular weight is 313 g/mol. The molecule has 0 radical (unpaired) electrons. The number of anilines is 1. The molecule has 3 N–H and O–H groups in total. The molecule has 2 rings (SSSR count). The average Bonchev–Trinajstić information content (AvgIpc) is 2.80. The molecule has 0 spiro atoms. The number of halogens is 2. The minimum atomic E-state index is -0.0801. The Balaban J connectivity index is 1.79. The summed E-state index contributed by atoms with van der Waals surface area (Å²) in [4.78, 5) is 11.8. The lowest BCUT2D eigenvalue weighted by Gasteiger charge is -2.06. The first-order chi connectivity index (χ1) is 9.54. The summed E-state index contributed by atoms with van der Waals surface area (Å²) in [7, 11) is 0. The zero-order valence-corrected chi connectivity index (χ0v) is 12.2. The van der Waals surface area contributed by atoms with Gasteiger partial charge in [0.1, 0.15) is 0 Å². The molecule has 1 aromatic heterocycles. The quantitative estimate of drug-likeness (QED) is 0.888. The van der Waals surface area contributed by atoms with Gasteiger partial charge in [0.05, 0.1) is 34.9 Å². The highest BCUT2D eigenvalue weighted by Gasteiger charge is 2.05. The molecule has 7 heteroatoms. The molecule has 1 amide bonds. The van der Waals surface area contributed by atoms with Crippen LogP contribution in [-0.4, -0.2) is 22.2 Å². The van der Waals surface area contributed by atoms with E-state index < -0.39 is 0 Å². The molecule has 0 saturated carbocycles. The normalized spacial score (nSPS) is 10.5. The third-order valence-electron chi connectivity index (χ3n) is 2.66. The van der Waals surface area contributed by atoms with Crippen molar-refractivity contribution in [3.05, 3.63) is 46.2 Å². The predicted molar refractivity (Wildman–Crippen MR) is 79.8 cm³/mol. The number of amides is 1. The van der Waals surface area contributed by atoms with Crippen molar-refractivity contribution in [2.45, 2.75) is 13.0 Å². The van der Waals surface area contributed by atoms with Gasteiger partial charge in [-0.2, -0.15) is 5.10 Å². The summed E-state index contributed by atoms with van der Waals surface area (Å²) >= 11 is 11.7. The van der Waals surface area contributed by atoms with E-state index in [1.54, 1.807) is 35.3 Å². The summed E-state index contributed by atoms with van der Waals surface area (Å²) in [6.45, 7) is 1.06. The number of benzene rings is 1. The summed E-state index contributed by atoms with van der Waals surface area (Å²) < 4.78 is 1.68. The van der Waals surface area contributed by atoms with Gasteiger partial charge in [0.15, 0.2) is 0 Å². The van der Waals surface area contributed by atoms with Gasteiger partial charge in [0.2, 0.25) is 5.91 Å². The van der Waals surface area contributed by atoms with Crippen LogP contribution in [0.15, 0.2) is 30.6 Å². The molecule has 0 fully saturated rings.